The number of anilines is 1. The van der Waals surface area contributed by atoms with Crippen molar-refractivity contribution in [1.29, 1.82) is 0 Å². The molecule has 1 aromatic heterocycles. The van der Waals surface area contributed by atoms with Gasteiger partial charge in [0.15, 0.2) is 0 Å². The first kappa shape index (κ1) is 12.5. The predicted octanol–water partition coefficient (Wildman–Crippen LogP) is 3.70. The Bertz CT molecular complexity index is 560. The van der Waals surface area contributed by atoms with Crippen molar-refractivity contribution in [2.45, 2.75) is 0 Å². The number of carbonyl (C=O) groups is 1. The summed E-state index contributed by atoms with van der Waals surface area (Å²) in [5, 5.41) is 2.80. The van der Waals surface area contributed by atoms with Crippen LogP contribution in [0.4, 0.5) is 5.69 Å². The van der Waals surface area contributed by atoms with E-state index < -0.39 is 0 Å². The highest BCUT2D eigenvalue weighted by atomic mass is 127. The van der Waals surface area contributed by atoms with Crippen LogP contribution in [-0.4, -0.2) is 10.9 Å². The van der Waals surface area contributed by atoms with Crippen molar-refractivity contribution in [3.05, 3.63) is 56.3 Å². The van der Waals surface area contributed by atoms with E-state index in [-0.39, 0.29) is 5.91 Å². The maximum atomic E-state index is 11.9. The molecule has 0 saturated carbocycles. The molecule has 1 aromatic carbocycles. The lowest BCUT2D eigenvalue weighted by Gasteiger charge is -2.06. The second kappa shape index (κ2) is 5.59. The molecule has 3 nitrogen and oxygen atoms in total. The van der Waals surface area contributed by atoms with Crippen LogP contribution in [0.5, 0.6) is 0 Å². The standard InChI is InChI=1S/C12H8BrIN2O/c13-10-5-2-6-15-11(10)12(17)16-9-4-1-3-8(14)7-9/h1-7H,(H,16,17). The number of carbonyl (C=O) groups excluding carboxylic acids is 1. The maximum absolute atomic E-state index is 11.9. The molecule has 2 rings (SSSR count). The highest BCUT2D eigenvalue weighted by molar-refractivity contribution is 14.1. The maximum Gasteiger partial charge on any atom is 0.275 e. The van der Waals surface area contributed by atoms with Crippen molar-refractivity contribution >= 4 is 50.1 Å². The molecule has 1 N–H and O–H groups in total. The molecule has 0 atom stereocenters. The summed E-state index contributed by atoms with van der Waals surface area (Å²) >= 11 is 5.50. The van der Waals surface area contributed by atoms with E-state index >= 15 is 0 Å². The Balaban J connectivity index is 2.20. The third-order valence-electron chi connectivity index (χ3n) is 2.06. The molecule has 0 aliphatic rings. The van der Waals surface area contributed by atoms with Crippen molar-refractivity contribution in [2.24, 2.45) is 0 Å². The summed E-state index contributed by atoms with van der Waals surface area (Å²) in [6.45, 7) is 0. The number of nitrogens with one attached hydrogen (secondary N) is 1. The van der Waals surface area contributed by atoms with E-state index in [4.69, 9.17) is 0 Å². The number of hydrogen-bond acceptors (Lipinski definition) is 2. The molecule has 0 radical (unpaired) electrons. The summed E-state index contributed by atoms with van der Waals surface area (Å²) in [5.41, 5.74) is 1.14. The van der Waals surface area contributed by atoms with Crippen LogP contribution in [0.1, 0.15) is 10.5 Å². The molecule has 17 heavy (non-hydrogen) atoms. The lowest BCUT2D eigenvalue weighted by molar-refractivity contribution is 0.102. The largest absolute Gasteiger partial charge is 0.321 e. The lowest BCUT2D eigenvalue weighted by Crippen LogP contribution is -2.14. The number of rotatable bonds is 2. The van der Waals surface area contributed by atoms with E-state index in [0.717, 1.165) is 9.26 Å². The van der Waals surface area contributed by atoms with Crippen molar-refractivity contribution in [2.75, 3.05) is 5.32 Å². The smallest absolute Gasteiger partial charge is 0.275 e. The Morgan fingerprint density at radius 3 is 2.82 bits per heavy atom. The Labute approximate surface area is 121 Å². The third-order valence-corrected chi connectivity index (χ3v) is 3.37. The molecule has 0 aliphatic carbocycles. The molecule has 0 spiro atoms. The molecule has 0 saturated heterocycles. The van der Waals surface area contributed by atoms with E-state index in [1.165, 1.54) is 0 Å². The van der Waals surface area contributed by atoms with Crippen molar-refractivity contribution in [3.63, 3.8) is 0 Å². The summed E-state index contributed by atoms with van der Waals surface area (Å²) in [5.74, 6) is -0.223. The van der Waals surface area contributed by atoms with Crippen LogP contribution in [0.15, 0.2) is 47.1 Å². The van der Waals surface area contributed by atoms with Crippen LogP contribution in [0.2, 0.25) is 0 Å². The topological polar surface area (TPSA) is 42.0 Å². The first-order valence-corrected chi connectivity index (χ1v) is 6.71. The van der Waals surface area contributed by atoms with Gasteiger partial charge in [-0.25, -0.2) is 4.98 Å². The molecule has 5 heteroatoms. The first-order chi connectivity index (χ1) is 8.16. The molecule has 2 aromatic rings. The fourth-order valence-electron chi connectivity index (χ4n) is 1.31. The van der Waals surface area contributed by atoms with E-state index in [1.54, 1.807) is 18.3 Å². The second-order valence-corrected chi connectivity index (χ2v) is 5.40. The Hall–Kier alpha value is -0.950. The number of pyridine rings is 1. The van der Waals surface area contributed by atoms with Crippen molar-refractivity contribution in [1.82, 2.24) is 4.98 Å². The van der Waals surface area contributed by atoms with Gasteiger partial charge in [-0.1, -0.05) is 6.07 Å². The number of aromatic nitrogens is 1. The molecule has 1 amide bonds. The summed E-state index contributed by atoms with van der Waals surface area (Å²) in [6.07, 6.45) is 1.59. The van der Waals surface area contributed by atoms with Gasteiger partial charge in [0.1, 0.15) is 5.69 Å². The van der Waals surface area contributed by atoms with Gasteiger partial charge in [-0.15, -0.1) is 0 Å². The zero-order chi connectivity index (χ0) is 12.3. The van der Waals surface area contributed by atoms with Gasteiger partial charge in [0.25, 0.3) is 5.91 Å². The Kier molecular flexibility index (Phi) is 4.11. The number of amides is 1. The minimum atomic E-state index is -0.223. The van der Waals surface area contributed by atoms with Gasteiger partial charge in [-0.05, 0) is 68.9 Å². The van der Waals surface area contributed by atoms with E-state index in [9.17, 15) is 4.79 Å². The van der Waals surface area contributed by atoms with Crippen molar-refractivity contribution < 1.29 is 4.79 Å². The normalized spacial score (nSPS) is 10.0. The average molecular weight is 403 g/mol. The van der Waals surface area contributed by atoms with Crippen LogP contribution in [-0.2, 0) is 0 Å². The van der Waals surface area contributed by atoms with Gasteiger partial charge in [-0.3, -0.25) is 4.79 Å². The fourth-order valence-corrected chi connectivity index (χ4v) is 2.29. The highest BCUT2D eigenvalue weighted by Gasteiger charge is 2.10. The Morgan fingerprint density at radius 2 is 2.12 bits per heavy atom. The number of benzene rings is 1. The molecule has 0 aliphatic heterocycles. The van der Waals surface area contributed by atoms with E-state index in [1.807, 2.05) is 24.3 Å². The van der Waals surface area contributed by atoms with Crippen LogP contribution in [0.25, 0.3) is 0 Å². The minimum absolute atomic E-state index is 0.223. The van der Waals surface area contributed by atoms with Crippen LogP contribution >= 0.6 is 38.5 Å². The zero-order valence-electron chi connectivity index (χ0n) is 8.65. The molecule has 0 bridgehead atoms. The average Bonchev–Trinajstić information content (AvgIpc) is 2.29. The predicted molar refractivity (Wildman–Crippen MR) is 79.0 cm³/mol. The summed E-state index contributed by atoms with van der Waals surface area (Å²) < 4.78 is 1.75. The summed E-state index contributed by atoms with van der Waals surface area (Å²) in [4.78, 5) is 16.0. The van der Waals surface area contributed by atoms with E-state index in [0.29, 0.717) is 10.2 Å². The monoisotopic (exact) mass is 402 g/mol. The van der Waals surface area contributed by atoms with Gasteiger partial charge in [0, 0.05) is 19.9 Å². The quantitative estimate of drug-likeness (QED) is 0.778. The van der Waals surface area contributed by atoms with Gasteiger partial charge in [0.2, 0.25) is 0 Å². The molecular formula is C12H8BrIN2O. The lowest BCUT2D eigenvalue weighted by atomic mass is 10.3. The fraction of sp³-hybridized carbons (Fsp3) is 0. The molecular weight excluding hydrogens is 395 g/mol. The molecule has 0 unspecified atom stereocenters. The Morgan fingerprint density at radius 1 is 1.29 bits per heavy atom. The van der Waals surface area contributed by atoms with Crippen molar-refractivity contribution in [3.8, 4) is 0 Å². The summed E-state index contributed by atoms with van der Waals surface area (Å²) in [6, 6.07) is 11.2. The van der Waals surface area contributed by atoms with Gasteiger partial charge in [-0.2, -0.15) is 0 Å². The highest BCUT2D eigenvalue weighted by Crippen LogP contribution is 2.17. The third kappa shape index (κ3) is 3.26. The summed E-state index contributed by atoms with van der Waals surface area (Å²) in [7, 11) is 0. The number of halogens is 2. The SMILES string of the molecule is O=C(Nc1cccc(I)c1)c1ncccc1Br. The first-order valence-electron chi connectivity index (χ1n) is 4.84. The number of hydrogen-bond donors (Lipinski definition) is 1. The minimum Gasteiger partial charge on any atom is -0.321 e. The second-order valence-electron chi connectivity index (χ2n) is 3.30. The van der Waals surface area contributed by atoms with Crippen LogP contribution in [0.3, 0.4) is 0 Å². The molecule has 86 valence electrons. The molecule has 1 heterocycles. The van der Waals surface area contributed by atoms with Gasteiger partial charge in [0.05, 0.1) is 0 Å². The molecule has 0 fully saturated rings. The zero-order valence-corrected chi connectivity index (χ0v) is 12.4. The number of nitrogens with zero attached hydrogens (tertiary/aromatic N) is 1. The van der Waals surface area contributed by atoms with Crippen LogP contribution in [0, 0.1) is 3.57 Å². The van der Waals surface area contributed by atoms with Gasteiger partial charge < -0.3 is 5.32 Å². The van der Waals surface area contributed by atoms with E-state index in [2.05, 4.69) is 48.8 Å². The van der Waals surface area contributed by atoms with Crippen LogP contribution < -0.4 is 5.32 Å². The van der Waals surface area contributed by atoms with Gasteiger partial charge >= 0.3 is 0 Å².